The number of carbonyl (C=O) groups excluding carboxylic acids is 1. The number of carbonyl (C=O) groups is 1. The normalized spacial score (nSPS) is 21.0. The summed E-state index contributed by atoms with van der Waals surface area (Å²) in [7, 11) is 0. The first-order valence-corrected chi connectivity index (χ1v) is 8.38. The van der Waals surface area contributed by atoms with Crippen LogP contribution >= 0.6 is 24.0 Å². The number of thiocarbonyl (C=S) groups is 1. The van der Waals surface area contributed by atoms with Crippen molar-refractivity contribution in [1.29, 1.82) is 0 Å². The minimum absolute atomic E-state index is 0.0343. The Morgan fingerprint density at radius 1 is 1.18 bits per heavy atom. The molecule has 2 aliphatic heterocycles. The first-order chi connectivity index (χ1) is 10.7. The number of likely N-dealkylation sites (N-methyl/N-ethyl adjacent to an activating group) is 1. The zero-order valence-electron chi connectivity index (χ0n) is 12.4. The van der Waals surface area contributed by atoms with Gasteiger partial charge in [-0.3, -0.25) is 9.69 Å². The molecule has 6 heteroatoms. The van der Waals surface area contributed by atoms with E-state index in [2.05, 4.69) is 11.8 Å². The monoisotopic (exact) mass is 332 g/mol. The molecule has 114 valence electrons. The van der Waals surface area contributed by atoms with Crippen LogP contribution in [-0.2, 0) is 4.79 Å². The third-order valence-electron chi connectivity index (χ3n) is 3.52. The van der Waals surface area contributed by atoms with Gasteiger partial charge in [0.05, 0.1) is 10.6 Å². The molecule has 0 atom stereocenters. The van der Waals surface area contributed by atoms with Crippen molar-refractivity contribution in [3.8, 4) is 5.75 Å². The van der Waals surface area contributed by atoms with Gasteiger partial charge in [0.25, 0.3) is 5.91 Å². The van der Waals surface area contributed by atoms with Gasteiger partial charge in [-0.15, -0.1) is 0 Å². The summed E-state index contributed by atoms with van der Waals surface area (Å²) in [5.41, 5.74) is 1.05. The lowest BCUT2D eigenvalue weighted by molar-refractivity contribution is -0.122. The second-order valence-corrected chi connectivity index (χ2v) is 6.44. The van der Waals surface area contributed by atoms with Gasteiger partial charge in [0.15, 0.2) is 5.75 Å². The molecule has 0 aliphatic carbocycles. The van der Waals surface area contributed by atoms with Gasteiger partial charge in [0.1, 0.15) is 4.32 Å². The number of nitrogens with zero attached hydrogens (tertiary/aromatic N) is 2. The van der Waals surface area contributed by atoms with Gasteiger partial charge in [-0.25, -0.2) is 0 Å². The Labute approximate surface area is 139 Å². The Hall–Kier alpha value is -1.79. The van der Waals surface area contributed by atoms with Gasteiger partial charge in [-0.1, -0.05) is 36.1 Å². The molecule has 0 bridgehead atoms. The Morgan fingerprint density at radius 2 is 1.91 bits per heavy atom. The molecule has 0 spiro atoms. The van der Waals surface area contributed by atoms with E-state index in [0.717, 1.165) is 23.9 Å². The number of thioether (sulfide) groups is 1. The number of ether oxygens (including phenoxy) is 1. The maximum atomic E-state index is 12.2. The molecule has 1 aromatic rings. The van der Waals surface area contributed by atoms with Crippen LogP contribution in [0.15, 0.2) is 47.2 Å². The first kappa shape index (κ1) is 15.1. The average molecular weight is 332 g/mol. The van der Waals surface area contributed by atoms with Crippen molar-refractivity contribution >= 4 is 39.9 Å². The summed E-state index contributed by atoms with van der Waals surface area (Å²) >= 11 is 6.54. The van der Waals surface area contributed by atoms with E-state index < -0.39 is 0 Å². The number of para-hydroxylation sites is 2. The lowest BCUT2D eigenvalue weighted by Crippen LogP contribution is -2.27. The molecule has 1 fully saturated rings. The van der Waals surface area contributed by atoms with Gasteiger partial charge >= 0.3 is 0 Å². The van der Waals surface area contributed by atoms with Crippen LogP contribution in [0.1, 0.15) is 13.8 Å². The third kappa shape index (κ3) is 2.53. The van der Waals surface area contributed by atoms with Gasteiger partial charge < -0.3 is 9.64 Å². The maximum absolute atomic E-state index is 12.2. The number of hydrogen-bond acceptors (Lipinski definition) is 5. The van der Waals surface area contributed by atoms with Crippen molar-refractivity contribution in [2.45, 2.75) is 13.8 Å². The Balaban J connectivity index is 1.87. The number of fused-ring (bicyclic) bond motifs is 1. The van der Waals surface area contributed by atoms with E-state index in [9.17, 15) is 4.79 Å². The molecule has 4 nitrogen and oxygen atoms in total. The molecule has 1 saturated heterocycles. The zero-order valence-corrected chi connectivity index (χ0v) is 14.0. The van der Waals surface area contributed by atoms with Crippen LogP contribution in [0.3, 0.4) is 0 Å². The quantitative estimate of drug-likeness (QED) is 0.625. The minimum Gasteiger partial charge on any atom is -0.439 e. The average Bonchev–Trinajstić information content (AvgIpc) is 3.01. The predicted molar refractivity (Wildman–Crippen MR) is 93.8 cm³/mol. The molecule has 2 heterocycles. The van der Waals surface area contributed by atoms with E-state index in [1.807, 2.05) is 37.3 Å². The van der Waals surface area contributed by atoms with E-state index in [-0.39, 0.29) is 5.91 Å². The molecule has 0 aromatic heterocycles. The topological polar surface area (TPSA) is 32.8 Å². The Morgan fingerprint density at radius 3 is 2.59 bits per heavy atom. The van der Waals surface area contributed by atoms with Crippen LogP contribution in [0.4, 0.5) is 5.69 Å². The Kier molecular flexibility index (Phi) is 4.22. The SMILES string of the molecule is CCN1C(=O)/C(=C/C=C2\Oc3ccccc3N2CC)SC1=S. The summed E-state index contributed by atoms with van der Waals surface area (Å²) in [6, 6.07) is 7.90. The molecule has 0 N–H and O–H groups in total. The van der Waals surface area contributed by atoms with Gasteiger partial charge in [-0.2, -0.15) is 0 Å². The van der Waals surface area contributed by atoms with Gasteiger partial charge in [0, 0.05) is 19.2 Å². The number of benzene rings is 1. The van der Waals surface area contributed by atoms with Gasteiger partial charge in [0.2, 0.25) is 5.88 Å². The lowest BCUT2D eigenvalue weighted by Gasteiger charge is -2.14. The second-order valence-electron chi connectivity index (χ2n) is 4.77. The summed E-state index contributed by atoms with van der Waals surface area (Å²) in [6.45, 7) is 5.38. The van der Waals surface area contributed by atoms with Crippen LogP contribution in [0, 0.1) is 0 Å². The van der Waals surface area contributed by atoms with E-state index in [1.54, 1.807) is 11.0 Å². The fourth-order valence-corrected chi connectivity index (χ4v) is 3.76. The molecule has 3 rings (SSSR count). The number of hydrogen-bond donors (Lipinski definition) is 0. The molecule has 0 unspecified atom stereocenters. The van der Waals surface area contributed by atoms with Crippen LogP contribution in [-0.4, -0.2) is 28.2 Å². The van der Waals surface area contributed by atoms with Crippen molar-refractivity contribution in [2.24, 2.45) is 0 Å². The van der Waals surface area contributed by atoms with Crippen molar-refractivity contribution in [1.82, 2.24) is 4.90 Å². The molecule has 1 aromatic carbocycles. The minimum atomic E-state index is -0.0343. The smallest absolute Gasteiger partial charge is 0.266 e. The summed E-state index contributed by atoms with van der Waals surface area (Å²) in [5.74, 6) is 1.53. The number of anilines is 1. The van der Waals surface area contributed by atoms with Crippen LogP contribution in [0.2, 0.25) is 0 Å². The predicted octanol–water partition coefficient (Wildman–Crippen LogP) is 3.51. The highest BCUT2D eigenvalue weighted by atomic mass is 32.2. The number of allylic oxidation sites excluding steroid dienone is 2. The highest BCUT2D eigenvalue weighted by Gasteiger charge is 2.30. The molecule has 1 amide bonds. The van der Waals surface area contributed by atoms with Gasteiger partial charge in [-0.05, 0) is 32.1 Å². The lowest BCUT2D eigenvalue weighted by atomic mass is 10.3. The van der Waals surface area contributed by atoms with E-state index in [4.69, 9.17) is 17.0 Å². The van der Waals surface area contributed by atoms with E-state index in [0.29, 0.717) is 15.8 Å². The largest absolute Gasteiger partial charge is 0.439 e. The van der Waals surface area contributed by atoms with E-state index >= 15 is 0 Å². The number of amides is 1. The molecular formula is C16H16N2O2S2. The first-order valence-electron chi connectivity index (χ1n) is 7.15. The highest BCUT2D eigenvalue weighted by Crippen LogP contribution is 2.38. The highest BCUT2D eigenvalue weighted by molar-refractivity contribution is 8.26. The summed E-state index contributed by atoms with van der Waals surface area (Å²) in [6.07, 6.45) is 3.63. The molecule has 22 heavy (non-hydrogen) atoms. The fraction of sp³-hybridized carbons (Fsp3) is 0.250. The van der Waals surface area contributed by atoms with Crippen molar-refractivity contribution in [3.05, 3.63) is 47.2 Å². The Bertz CT molecular complexity index is 697. The third-order valence-corrected chi connectivity index (χ3v) is 4.92. The maximum Gasteiger partial charge on any atom is 0.266 e. The van der Waals surface area contributed by atoms with Crippen LogP contribution in [0.25, 0.3) is 0 Å². The van der Waals surface area contributed by atoms with Crippen LogP contribution in [0.5, 0.6) is 5.75 Å². The summed E-state index contributed by atoms with van der Waals surface area (Å²) < 4.78 is 6.47. The fourth-order valence-electron chi connectivity index (χ4n) is 2.44. The molecule has 0 radical (unpaired) electrons. The summed E-state index contributed by atoms with van der Waals surface area (Å²) in [4.78, 5) is 16.5. The van der Waals surface area contributed by atoms with Crippen LogP contribution < -0.4 is 9.64 Å². The molecule has 0 saturated carbocycles. The van der Waals surface area contributed by atoms with Crippen molar-refractivity contribution in [3.63, 3.8) is 0 Å². The number of rotatable bonds is 3. The van der Waals surface area contributed by atoms with E-state index in [1.165, 1.54) is 11.8 Å². The summed E-state index contributed by atoms with van der Waals surface area (Å²) in [5, 5.41) is 0. The van der Waals surface area contributed by atoms with Crippen molar-refractivity contribution in [2.75, 3.05) is 18.0 Å². The molecular weight excluding hydrogens is 316 g/mol. The van der Waals surface area contributed by atoms with Crippen molar-refractivity contribution < 1.29 is 9.53 Å². The molecule has 2 aliphatic rings. The standard InChI is InChI=1S/C16H16N2O2S2/c1-3-17-11-7-5-6-8-12(11)20-14(17)10-9-13-15(19)18(4-2)16(21)22-13/h5-10H,3-4H2,1-2H3/b13-9-,14-10-. The second kappa shape index (κ2) is 6.14. The zero-order chi connectivity index (χ0) is 15.7.